The Morgan fingerprint density at radius 3 is 2.68 bits per heavy atom. The Kier molecular flexibility index (Phi) is 6.45. The van der Waals surface area contributed by atoms with Crippen LogP contribution in [0.3, 0.4) is 0 Å². The summed E-state index contributed by atoms with van der Waals surface area (Å²) < 4.78 is 5.38. The third-order valence-electron chi connectivity index (χ3n) is 2.14. The first-order valence-electron chi connectivity index (χ1n) is 5.55. The monoisotopic (exact) mass is 305 g/mol. The highest BCUT2D eigenvalue weighted by Crippen LogP contribution is 2.27. The number of halogens is 2. The van der Waals surface area contributed by atoms with Crippen molar-refractivity contribution >= 4 is 35.1 Å². The number of carbonyl (C=O) groups is 2. The van der Waals surface area contributed by atoms with Gasteiger partial charge in [0.2, 0.25) is 5.91 Å². The van der Waals surface area contributed by atoms with Gasteiger partial charge in [-0.3, -0.25) is 9.59 Å². The van der Waals surface area contributed by atoms with E-state index in [2.05, 4.69) is 5.32 Å². The van der Waals surface area contributed by atoms with E-state index in [0.29, 0.717) is 28.8 Å². The molecule has 0 aliphatic carbocycles. The van der Waals surface area contributed by atoms with Crippen LogP contribution in [-0.2, 0) is 9.59 Å². The second-order valence-corrected chi connectivity index (χ2v) is 4.54. The van der Waals surface area contributed by atoms with Gasteiger partial charge in [0.05, 0.1) is 11.6 Å². The maximum absolute atomic E-state index is 11.2. The van der Waals surface area contributed by atoms with Gasteiger partial charge in [-0.05, 0) is 24.6 Å². The molecule has 19 heavy (non-hydrogen) atoms. The first-order valence-corrected chi connectivity index (χ1v) is 6.31. The van der Waals surface area contributed by atoms with Gasteiger partial charge >= 0.3 is 5.97 Å². The van der Waals surface area contributed by atoms with Crippen molar-refractivity contribution < 1.29 is 19.4 Å². The van der Waals surface area contributed by atoms with E-state index in [0.717, 1.165) is 0 Å². The minimum absolute atomic E-state index is 0.193. The van der Waals surface area contributed by atoms with Crippen LogP contribution in [0.15, 0.2) is 18.2 Å². The zero-order valence-electron chi connectivity index (χ0n) is 9.99. The summed E-state index contributed by atoms with van der Waals surface area (Å²) in [6.07, 6.45) is 0.656. The fourth-order valence-electron chi connectivity index (χ4n) is 1.27. The van der Waals surface area contributed by atoms with Gasteiger partial charge in [-0.2, -0.15) is 0 Å². The second-order valence-electron chi connectivity index (χ2n) is 3.70. The summed E-state index contributed by atoms with van der Waals surface area (Å²) in [5.74, 6) is -0.900. The lowest BCUT2D eigenvalue weighted by Crippen LogP contribution is -2.29. The Morgan fingerprint density at radius 2 is 2.05 bits per heavy atom. The number of aliphatic carboxylic acids is 1. The maximum Gasteiger partial charge on any atom is 0.322 e. The molecule has 0 heterocycles. The lowest BCUT2D eigenvalue weighted by atomic mass is 10.3. The number of carboxylic acids is 1. The van der Waals surface area contributed by atoms with Crippen LogP contribution >= 0.6 is 23.2 Å². The number of carbonyl (C=O) groups excluding carboxylic acids is 1. The molecule has 0 aromatic heterocycles. The van der Waals surface area contributed by atoms with Gasteiger partial charge in [0.15, 0.2) is 0 Å². The van der Waals surface area contributed by atoms with E-state index >= 15 is 0 Å². The fraction of sp³-hybridized carbons (Fsp3) is 0.333. The van der Waals surface area contributed by atoms with Crippen molar-refractivity contribution in [3.8, 4) is 5.75 Å². The van der Waals surface area contributed by atoms with Gasteiger partial charge in [0, 0.05) is 11.4 Å². The largest absolute Gasteiger partial charge is 0.492 e. The molecule has 1 amide bonds. The lowest BCUT2D eigenvalue weighted by Gasteiger charge is -2.08. The first kappa shape index (κ1) is 15.6. The molecule has 5 nitrogen and oxygen atoms in total. The van der Waals surface area contributed by atoms with Gasteiger partial charge in [0.1, 0.15) is 12.3 Å². The molecule has 0 saturated carbocycles. The quantitative estimate of drug-likeness (QED) is 0.758. The van der Waals surface area contributed by atoms with Gasteiger partial charge in [-0.15, -0.1) is 0 Å². The fourth-order valence-corrected chi connectivity index (χ4v) is 1.73. The summed E-state index contributed by atoms with van der Waals surface area (Å²) in [5, 5.41) is 11.6. The number of rotatable bonds is 7. The lowest BCUT2D eigenvalue weighted by molar-refractivity contribution is -0.137. The summed E-state index contributed by atoms with van der Waals surface area (Å²) in [4.78, 5) is 21.4. The zero-order chi connectivity index (χ0) is 14.3. The van der Waals surface area contributed by atoms with Crippen LogP contribution in [0.5, 0.6) is 5.75 Å². The molecule has 0 aliphatic heterocycles. The van der Waals surface area contributed by atoms with Crippen LogP contribution in [0.25, 0.3) is 0 Å². The molecule has 1 aromatic carbocycles. The van der Waals surface area contributed by atoms with E-state index in [1.165, 1.54) is 0 Å². The molecule has 0 unspecified atom stereocenters. The molecule has 0 aliphatic rings. The molecule has 104 valence electrons. The topological polar surface area (TPSA) is 75.6 Å². The van der Waals surface area contributed by atoms with Gasteiger partial charge in [-0.25, -0.2) is 0 Å². The molecule has 0 saturated heterocycles. The minimum atomic E-state index is -1.07. The Morgan fingerprint density at radius 1 is 1.32 bits per heavy atom. The Hall–Kier alpha value is -1.46. The normalized spacial score (nSPS) is 10.0. The van der Waals surface area contributed by atoms with E-state index in [-0.39, 0.29) is 18.9 Å². The van der Waals surface area contributed by atoms with Crippen molar-refractivity contribution in [1.29, 1.82) is 0 Å². The minimum Gasteiger partial charge on any atom is -0.492 e. The predicted molar refractivity (Wildman–Crippen MR) is 71.8 cm³/mol. The number of amides is 1. The third-order valence-corrected chi connectivity index (χ3v) is 2.67. The van der Waals surface area contributed by atoms with E-state index in [4.69, 9.17) is 33.0 Å². The highest BCUT2D eigenvalue weighted by atomic mass is 35.5. The van der Waals surface area contributed by atoms with Gasteiger partial charge in [0.25, 0.3) is 0 Å². The van der Waals surface area contributed by atoms with E-state index in [1.807, 2.05) is 0 Å². The standard InChI is InChI=1S/C12H13Cl2NO4/c13-8-3-4-10(9(14)6-8)19-5-1-2-11(16)15-7-12(17)18/h3-4,6H,1-2,5,7H2,(H,15,16)(H,17,18). The molecular weight excluding hydrogens is 293 g/mol. The highest BCUT2D eigenvalue weighted by Gasteiger charge is 2.05. The van der Waals surface area contributed by atoms with Crippen LogP contribution < -0.4 is 10.1 Å². The number of nitrogens with one attached hydrogen (secondary N) is 1. The smallest absolute Gasteiger partial charge is 0.322 e. The number of hydrogen-bond donors (Lipinski definition) is 2. The maximum atomic E-state index is 11.2. The highest BCUT2D eigenvalue weighted by molar-refractivity contribution is 6.35. The van der Waals surface area contributed by atoms with Crippen molar-refractivity contribution in [2.24, 2.45) is 0 Å². The van der Waals surface area contributed by atoms with E-state index in [9.17, 15) is 9.59 Å². The van der Waals surface area contributed by atoms with Crippen molar-refractivity contribution in [3.05, 3.63) is 28.2 Å². The Balaban J connectivity index is 2.23. The first-order chi connectivity index (χ1) is 8.99. The molecule has 0 fully saturated rings. The van der Waals surface area contributed by atoms with Crippen molar-refractivity contribution in [1.82, 2.24) is 5.32 Å². The molecule has 0 spiro atoms. The van der Waals surface area contributed by atoms with Gasteiger partial charge < -0.3 is 15.2 Å². The average molecular weight is 306 g/mol. The van der Waals surface area contributed by atoms with Crippen LogP contribution in [-0.4, -0.2) is 30.1 Å². The average Bonchev–Trinajstić information content (AvgIpc) is 2.34. The number of benzene rings is 1. The summed E-state index contributed by atoms with van der Waals surface area (Å²) in [7, 11) is 0. The molecule has 2 N–H and O–H groups in total. The van der Waals surface area contributed by atoms with E-state index < -0.39 is 5.97 Å². The molecule has 1 rings (SSSR count). The van der Waals surface area contributed by atoms with Crippen molar-refractivity contribution in [2.75, 3.05) is 13.2 Å². The molecule has 0 atom stereocenters. The third kappa shape index (κ3) is 6.31. The summed E-state index contributed by atoms with van der Waals surface area (Å²) in [5.41, 5.74) is 0. The Bertz CT molecular complexity index is 465. The SMILES string of the molecule is O=C(O)CNC(=O)CCCOc1ccc(Cl)cc1Cl. The zero-order valence-corrected chi connectivity index (χ0v) is 11.5. The summed E-state index contributed by atoms with van der Waals surface area (Å²) in [6, 6.07) is 4.87. The predicted octanol–water partition coefficient (Wildman–Crippen LogP) is 2.35. The number of carboxylic acid groups (broad SMARTS) is 1. The van der Waals surface area contributed by atoms with Crippen LogP contribution in [0.1, 0.15) is 12.8 Å². The molecule has 1 aromatic rings. The Labute approximate surface area is 120 Å². The molecule has 0 radical (unpaired) electrons. The van der Waals surface area contributed by atoms with Crippen LogP contribution in [0.4, 0.5) is 0 Å². The summed E-state index contributed by atoms with van der Waals surface area (Å²) >= 11 is 11.6. The number of ether oxygens (including phenoxy) is 1. The van der Waals surface area contributed by atoms with Crippen molar-refractivity contribution in [2.45, 2.75) is 12.8 Å². The van der Waals surface area contributed by atoms with Gasteiger partial charge in [-0.1, -0.05) is 23.2 Å². The molecule has 0 bridgehead atoms. The number of hydrogen-bond acceptors (Lipinski definition) is 3. The van der Waals surface area contributed by atoms with Crippen molar-refractivity contribution in [3.63, 3.8) is 0 Å². The second kappa shape index (κ2) is 7.86. The molecular formula is C12H13Cl2NO4. The molecule has 7 heteroatoms. The van der Waals surface area contributed by atoms with Crippen LogP contribution in [0, 0.1) is 0 Å². The van der Waals surface area contributed by atoms with Crippen LogP contribution in [0.2, 0.25) is 10.0 Å². The van der Waals surface area contributed by atoms with E-state index in [1.54, 1.807) is 18.2 Å². The summed E-state index contributed by atoms with van der Waals surface area (Å²) in [6.45, 7) is -0.0649.